The number of halogens is 6. The summed E-state index contributed by atoms with van der Waals surface area (Å²) in [5.41, 5.74) is 4.22. The van der Waals surface area contributed by atoms with Gasteiger partial charge < -0.3 is 0 Å². The second-order valence-electron chi connectivity index (χ2n) is 33.2. The van der Waals surface area contributed by atoms with Crippen LogP contribution in [0.1, 0.15) is 293 Å². The van der Waals surface area contributed by atoms with Crippen LogP contribution in [0.2, 0.25) is 0 Å². The van der Waals surface area contributed by atoms with Gasteiger partial charge in [0, 0.05) is 0 Å². The van der Waals surface area contributed by atoms with Crippen LogP contribution < -0.4 is 36.5 Å². The SMILES string of the molecule is O=C(CP(OB(Oc1cc(C(F)(F)F)cc(C(F)(F)F)c1)OP(CC(=O)c1ccccc1)(c1ccc(C2CCCCC2)cc1)(c1ccc(C2CCCCC2)cc1)c1ccc(C2CCCCC2)cc1)(c1ccc(C2CCCCC2)cc1)(c1ccc(C2CCCCC2)cc1)c1ccc(C2CCCCC2)cc1)c1ccccc1. The van der Waals surface area contributed by atoms with Crippen molar-refractivity contribution in [1.82, 2.24) is 0 Å². The van der Waals surface area contributed by atoms with Crippen molar-refractivity contribution in [2.45, 2.75) is 240 Å². The molecule has 15 rings (SSSR count). The zero-order chi connectivity index (χ0) is 75.8. The van der Waals surface area contributed by atoms with Crippen molar-refractivity contribution in [3.63, 3.8) is 0 Å². The Balaban J connectivity index is 1.10. The Hall–Kier alpha value is -7.46. The molecule has 576 valence electrons. The third-order valence-corrected chi connectivity index (χ3v) is 38.0. The average molecular weight is 1530 g/mol. The first-order valence-corrected chi connectivity index (χ1v) is 46.3. The summed E-state index contributed by atoms with van der Waals surface area (Å²) in [5, 5.41) is 3.49. The third-order valence-electron chi connectivity index (χ3n) is 26.6. The first-order chi connectivity index (χ1) is 53.4. The number of ketones is 2. The summed E-state index contributed by atoms with van der Waals surface area (Å²) in [6.07, 6.45) is 20.0. The molecule has 6 aliphatic rings. The van der Waals surface area contributed by atoms with E-state index in [2.05, 4.69) is 146 Å². The van der Waals surface area contributed by atoms with Gasteiger partial charge in [0.05, 0.1) is 0 Å². The standard InChI is InChI=1S/C96H107BF6O5P2/c98-95(99,100)84-65-85(96(101,102)103)67-86(66-84)106-97(107-109(68-93(104)82-37-21-7-22-38-82,87-53-41-76(42-54-87)70-25-9-1-10-26-70,88-55-43-77(44-56-88)71-27-11-2-12-28-71)89-57-45-78(46-58-89)72-29-13-3-14-30-72)108-110(69-94(105)83-39-23-8-24-40-83,90-59-47-79(48-60-90)73-31-15-4-16-32-73,91-61-49-80(50-62-91)74-33-17-5-18-34-74)92-63-51-81(52-64-92)75-35-19-6-20-36-75/h7-8,21-24,37-67,70-75H,1-6,9-20,25-36,68-69H2. The van der Waals surface area contributed by atoms with Crippen LogP contribution in [0.3, 0.4) is 0 Å². The number of carbonyl (C=O) groups is 2. The molecule has 0 amide bonds. The van der Waals surface area contributed by atoms with Crippen LogP contribution in [0.25, 0.3) is 0 Å². The molecule has 0 saturated heterocycles. The summed E-state index contributed by atoms with van der Waals surface area (Å²) >= 11 is 0. The van der Waals surface area contributed by atoms with Crippen LogP contribution in [0, 0.1) is 0 Å². The quantitative estimate of drug-likeness (QED) is 0.0261. The molecule has 0 aromatic heterocycles. The maximum absolute atomic E-state index is 17.0. The fraction of sp³-hybridized carbons (Fsp3) is 0.417. The fourth-order valence-corrected chi connectivity index (χ4v) is 31.3. The number of hydrogen-bond acceptors (Lipinski definition) is 5. The number of carbonyl (C=O) groups excluding carboxylic acids is 2. The molecule has 0 heterocycles. The van der Waals surface area contributed by atoms with E-state index in [1.807, 2.05) is 36.4 Å². The molecule has 0 unspecified atom stereocenters. The minimum atomic E-state index is -5.58. The summed E-state index contributed by atoms with van der Waals surface area (Å²) in [7, 11) is -2.37. The van der Waals surface area contributed by atoms with Crippen LogP contribution in [-0.2, 0) is 21.2 Å². The van der Waals surface area contributed by atoms with Gasteiger partial charge in [-0.15, -0.1) is 0 Å². The van der Waals surface area contributed by atoms with Crippen molar-refractivity contribution in [1.29, 1.82) is 0 Å². The molecule has 0 aliphatic heterocycles. The average Bonchev–Trinajstić information content (AvgIpc) is 0.681. The molecule has 0 bridgehead atoms. The first-order valence-electron chi connectivity index (χ1n) is 41.6. The van der Waals surface area contributed by atoms with Crippen molar-refractivity contribution >= 4 is 64.4 Å². The van der Waals surface area contributed by atoms with E-state index in [-0.39, 0.29) is 53.1 Å². The van der Waals surface area contributed by atoms with Crippen LogP contribution >= 0.6 is 13.7 Å². The monoisotopic (exact) mass is 1530 g/mol. The van der Waals surface area contributed by atoms with E-state index < -0.39 is 62.5 Å². The van der Waals surface area contributed by atoms with Crippen molar-refractivity contribution < 1.29 is 49.5 Å². The van der Waals surface area contributed by atoms with Crippen LogP contribution in [0.4, 0.5) is 26.3 Å². The third kappa shape index (κ3) is 16.1. The van der Waals surface area contributed by atoms with Gasteiger partial charge in [0.15, 0.2) is 0 Å². The van der Waals surface area contributed by atoms with Crippen LogP contribution in [-0.4, -0.2) is 31.2 Å². The second kappa shape index (κ2) is 33.7. The van der Waals surface area contributed by atoms with Gasteiger partial charge in [-0.05, 0) is 0 Å². The predicted molar refractivity (Wildman–Crippen MR) is 442 cm³/mol. The molecule has 14 heteroatoms. The Kier molecular flexibility index (Phi) is 23.8. The zero-order valence-electron chi connectivity index (χ0n) is 63.7. The summed E-state index contributed by atoms with van der Waals surface area (Å²) in [6.45, 7) is -11.2. The Morgan fingerprint density at radius 3 is 0.700 bits per heavy atom. The molecule has 9 aromatic rings. The molecule has 6 saturated carbocycles. The van der Waals surface area contributed by atoms with E-state index in [1.54, 1.807) is 24.3 Å². The van der Waals surface area contributed by atoms with Gasteiger partial charge in [0.1, 0.15) is 0 Å². The normalized spacial score (nSPS) is 18.9. The van der Waals surface area contributed by atoms with E-state index in [0.717, 1.165) is 226 Å². The maximum atomic E-state index is 17.0. The van der Waals surface area contributed by atoms with E-state index in [4.69, 9.17) is 13.5 Å². The molecule has 0 radical (unpaired) electrons. The molecule has 0 spiro atoms. The van der Waals surface area contributed by atoms with Gasteiger partial charge >= 0.3 is 652 Å². The van der Waals surface area contributed by atoms with Crippen molar-refractivity contribution in [2.75, 3.05) is 12.3 Å². The molecule has 6 aliphatic carbocycles. The molecule has 110 heavy (non-hydrogen) atoms. The number of rotatable bonds is 24. The number of benzene rings is 9. The van der Waals surface area contributed by atoms with E-state index in [1.165, 1.54) is 0 Å². The van der Waals surface area contributed by atoms with E-state index in [0.29, 0.717) is 55.1 Å². The number of Topliss-reactive ketones (excluding diaryl/α,β-unsaturated/α-hetero) is 2. The zero-order valence-corrected chi connectivity index (χ0v) is 65.5. The van der Waals surface area contributed by atoms with E-state index >= 15 is 35.9 Å². The van der Waals surface area contributed by atoms with Gasteiger partial charge in [0.2, 0.25) is 0 Å². The van der Waals surface area contributed by atoms with Crippen molar-refractivity contribution in [2.24, 2.45) is 0 Å². The molecule has 6 fully saturated rings. The summed E-state index contributed by atoms with van der Waals surface area (Å²) in [5.74, 6) is -0.0941. The van der Waals surface area contributed by atoms with Crippen LogP contribution in [0.15, 0.2) is 224 Å². The Morgan fingerprint density at radius 1 is 0.291 bits per heavy atom. The molecule has 0 N–H and O–H groups in total. The van der Waals surface area contributed by atoms with Crippen molar-refractivity contribution in [3.8, 4) is 5.75 Å². The predicted octanol–water partition coefficient (Wildman–Crippen LogP) is 25.1. The summed E-state index contributed by atoms with van der Waals surface area (Å²) < 4.78 is 121. The molecular weight excluding hydrogens is 1420 g/mol. The van der Waals surface area contributed by atoms with Gasteiger partial charge in [-0.2, -0.15) is 0 Å². The topological polar surface area (TPSA) is 61.8 Å². The molecule has 9 aromatic carbocycles. The summed E-state index contributed by atoms with van der Waals surface area (Å²) in [6, 6.07) is 70.4. The fourth-order valence-electron chi connectivity index (χ4n) is 20.4. The first kappa shape index (κ1) is 77.8. The van der Waals surface area contributed by atoms with Gasteiger partial charge in [-0.1, -0.05) is 0 Å². The number of alkyl halides is 6. The molecule has 0 atom stereocenters. The van der Waals surface area contributed by atoms with E-state index in [9.17, 15) is 0 Å². The van der Waals surface area contributed by atoms with Crippen molar-refractivity contribution in [3.05, 3.63) is 280 Å². The number of hydrogen-bond donors (Lipinski definition) is 0. The molecular formula is C96H107BF6O5P2. The Morgan fingerprint density at radius 2 is 0.500 bits per heavy atom. The van der Waals surface area contributed by atoms with Gasteiger partial charge in [-0.25, -0.2) is 0 Å². The second-order valence-corrected chi connectivity index (χ2v) is 42.2. The minimum absolute atomic E-state index is 0.117. The van der Waals surface area contributed by atoms with Gasteiger partial charge in [-0.3, -0.25) is 0 Å². The van der Waals surface area contributed by atoms with Gasteiger partial charge in [0.25, 0.3) is 0 Å². The van der Waals surface area contributed by atoms with Crippen LogP contribution in [0.5, 0.6) is 5.75 Å². The summed E-state index contributed by atoms with van der Waals surface area (Å²) in [4.78, 5) is 33.9. The molecule has 5 nitrogen and oxygen atoms in total. The Labute approximate surface area is 648 Å². The Bertz CT molecular complexity index is 3950.